The van der Waals surface area contributed by atoms with Crippen LogP contribution in [0.4, 0.5) is 5.69 Å². The lowest BCUT2D eigenvalue weighted by Gasteiger charge is -2.34. The molecule has 0 saturated carbocycles. The molecule has 1 fully saturated rings. The zero-order valence-electron chi connectivity index (χ0n) is 10.8. The molecule has 0 aliphatic carbocycles. The van der Waals surface area contributed by atoms with Gasteiger partial charge in [-0.05, 0) is 32.0 Å². The fourth-order valence-corrected chi connectivity index (χ4v) is 2.28. The maximum Gasteiger partial charge on any atom is 0.356 e. The van der Waals surface area contributed by atoms with E-state index in [9.17, 15) is 4.79 Å². The molecule has 0 aromatic carbocycles. The van der Waals surface area contributed by atoms with Crippen molar-refractivity contribution in [1.29, 1.82) is 0 Å². The van der Waals surface area contributed by atoms with E-state index in [1.807, 2.05) is 13.1 Å². The van der Waals surface area contributed by atoms with Gasteiger partial charge >= 0.3 is 5.97 Å². The Morgan fingerprint density at radius 3 is 3.17 bits per heavy atom. The van der Waals surface area contributed by atoms with Gasteiger partial charge in [-0.25, -0.2) is 9.78 Å². The molecule has 1 atom stereocenters. The Hall–Kier alpha value is -1.62. The van der Waals surface area contributed by atoms with Gasteiger partial charge in [0.2, 0.25) is 0 Å². The second-order valence-corrected chi connectivity index (χ2v) is 4.46. The Morgan fingerprint density at radius 2 is 2.44 bits per heavy atom. The predicted molar refractivity (Wildman–Crippen MR) is 69.9 cm³/mol. The molecule has 1 aromatic rings. The van der Waals surface area contributed by atoms with E-state index in [1.54, 1.807) is 12.3 Å². The summed E-state index contributed by atoms with van der Waals surface area (Å²) in [4.78, 5) is 17.8. The molecule has 1 aliphatic rings. The van der Waals surface area contributed by atoms with Gasteiger partial charge in [-0.3, -0.25) is 0 Å². The zero-order chi connectivity index (χ0) is 13.0. The number of likely N-dealkylation sites (N-methyl/N-ethyl adjacent to an activating group) is 1. The van der Waals surface area contributed by atoms with E-state index in [2.05, 4.69) is 19.9 Å². The van der Waals surface area contributed by atoms with E-state index in [-0.39, 0.29) is 5.97 Å². The van der Waals surface area contributed by atoms with Crippen molar-refractivity contribution in [3.05, 3.63) is 24.0 Å². The third kappa shape index (κ3) is 2.79. The van der Waals surface area contributed by atoms with Crippen molar-refractivity contribution in [2.24, 2.45) is 0 Å². The Kier molecular flexibility index (Phi) is 4.15. The van der Waals surface area contributed by atoms with Crippen LogP contribution in [-0.4, -0.2) is 44.2 Å². The van der Waals surface area contributed by atoms with Gasteiger partial charge in [-0.1, -0.05) is 0 Å². The van der Waals surface area contributed by atoms with Crippen LogP contribution in [0.2, 0.25) is 0 Å². The highest BCUT2D eigenvalue weighted by Gasteiger charge is 2.19. The topological polar surface area (TPSA) is 54.5 Å². The van der Waals surface area contributed by atoms with E-state index in [0.717, 1.165) is 25.2 Å². The largest absolute Gasteiger partial charge is 0.464 e. The molecule has 1 saturated heterocycles. The second-order valence-electron chi connectivity index (χ2n) is 4.46. The summed E-state index contributed by atoms with van der Waals surface area (Å²) in [6.07, 6.45) is 4.01. The normalized spacial score (nSPS) is 19.7. The highest BCUT2D eigenvalue weighted by atomic mass is 16.5. The maximum absolute atomic E-state index is 11.5. The first-order chi connectivity index (χ1) is 8.74. The highest BCUT2D eigenvalue weighted by molar-refractivity contribution is 5.88. The van der Waals surface area contributed by atoms with Crippen molar-refractivity contribution >= 4 is 11.7 Å². The van der Waals surface area contributed by atoms with Crippen molar-refractivity contribution in [2.45, 2.75) is 18.9 Å². The summed E-state index contributed by atoms with van der Waals surface area (Å²) in [5.74, 6) is -0.390. The Labute approximate surface area is 107 Å². The monoisotopic (exact) mass is 249 g/mol. The first-order valence-electron chi connectivity index (χ1n) is 6.21. The van der Waals surface area contributed by atoms with E-state index >= 15 is 0 Å². The molecule has 2 heterocycles. The van der Waals surface area contributed by atoms with Crippen molar-refractivity contribution in [2.75, 3.05) is 32.1 Å². The van der Waals surface area contributed by atoms with Gasteiger partial charge < -0.3 is 15.0 Å². The SMILES string of the molecule is CNC1CCCN(c2ccnc(C(=O)OC)c2)C1. The van der Waals surface area contributed by atoms with Crippen LogP contribution < -0.4 is 10.2 Å². The van der Waals surface area contributed by atoms with Crippen LogP contribution >= 0.6 is 0 Å². The molecule has 98 valence electrons. The standard InChI is InChI=1S/C13H19N3O2/c1-14-10-4-3-7-16(9-10)11-5-6-15-12(8-11)13(17)18-2/h5-6,8,10,14H,3-4,7,9H2,1-2H3. The summed E-state index contributed by atoms with van der Waals surface area (Å²) in [7, 11) is 3.36. The fraction of sp³-hybridized carbons (Fsp3) is 0.538. The number of carbonyl (C=O) groups excluding carboxylic acids is 1. The first kappa shape index (κ1) is 12.8. The van der Waals surface area contributed by atoms with Crippen molar-refractivity contribution < 1.29 is 9.53 Å². The molecule has 0 spiro atoms. The molecule has 5 heteroatoms. The number of pyridine rings is 1. The average molecular weight is 249 g/mol. The smallest absolute Gasteiger partial charge is 0.356 e. The summed E-state index contributed by atoms with van der Waals surface area (Å²) < 4.78 is 4.69. The molecule has 2 rings (SSSR count). The molecular weight excluding hydrogens is 230 g/mol. The number of piperidine rings is 1. The van der Waals surface area contributed by atoms with Crippen LogP contribution in [0.1, 0.15) is 23.3 Å². The molecule has 18 heavy (non-hydrogen) atoms. The number of esters is 1. The first-order valence-corrected chi connectivity index (χ1v) is 6.21. The Balaban J connectivity index is 2.15. The fourth-order valence-electron chi connectivity index (χ4n) is 2.28. The second kappa shape index (κ2) is 5.82. The lowest BCUT2D eigenvalue weighted by Crippen LogP contribution is -2.44. The number of hydrogen-bond acceptors (Lipinski definition) is 5. The molecule has 1 N–H and O–H groups in total. The summed E-state index contributed by atoms with van der Waals surface area (Å²) >= 11 is 0. The number of aromatic nitrogens is 1. The van der Waals surface area contributed by atoms with Crippen molar-refractivity contribution in [1.82, 2.24) is 10.3 Å². The minimum atomic E-state index is -0.390. The van der Waals surface area contributed by atoms with Gasteiger partial charge in [0, 0.05) is 31.0 Å². The number of carbonyl (C=O) groups is 1. The lowest BCUT2D eigenvalue weighted by atomic mass is 10.1. The minimum Gasteiger partial charge on any atom is -0.464 e. The number of ether oxygens (including phenoxy) is 1. The summed E-state index contributed by atoms with van der Waals surface area (Å²) in [6, 6.07) is 4.24. The average Bonchev–Trinajstić information content (AvgIpc) is 2.46. The van der Waals surface area contributed by atoms with Crippen LogP contribution in [0, 0.1) is 0 Å². The Morgan fingerprint density at radius 1 is 1.61 bits per heavy atom. The third-order valence-electron chi connectivity index (χ3n) is 3.33. The molecule has 0 bridgehead atoms. The van der Waals surface area contributed by atoms with Gasteiger partial charge in [-0.2, -0.15) is 0 Å². The number of hydrogen-bond donors (Lipinski definition) is 1. The van der Waals surface area contributed by atoms with Crippen LogP contribution in [0.15, 0.2) is 18.3 Å². The summed E-state index contributed by atoms with van der Waals surface area (Å²) in [5, 5.41) is 3.30. The zero-order valence-corrected chi connectivity index (χ0v) is 10.8. The van der Waals surface area contributed by atoms with Crippen LogP contribution in [-0.2, 0) is 4.74 Å². The van der Waals surface area contributed by atoms with Gasteiger partial charge in [0.15, 0.2) is 0 Å². The van der Waals surface area contributed by atoms with Crippen molar-refractivity contribution in [3.8, 4) is 0 Å². The molecule has 1 aromatic heterocycles. The predicted octanol–water partition coefficient (Wildman–Crippen LogP) is 1.06. The summed E-state index contributed by atoms with van der Waals surface area (Å²) in [5.41, 5.74) is 1.40. The quantitative estimate of drug-likeness (QED) is 0.812. The van der Waals surface area contributed by atoms with E-state index in [0.29, 0.717) is 11.7 Å². The van der Waals surface area contributed by atoms with Gasteiger partial charge in [-0.15, -0.1) is 0 Å². The molecular formula is C13H19N3O2. The number of anilines is 1. The van der Waals surface area contributed by atoms with Crippen LogP contribution in [0.5, 0.6) is 0 Å². The van der Waals surface area contributed by atoms with E-state index in [1.165, 1.54) is 13.5 Å². The number of nitrogens with one attached hydrogen (secondary N) is 1. The third-order valence-corrected chi connectivity index (χ3v) is 3.33. The molecule has 0 amide bonds. The van der Waals surface area contributed by atoms with Crippen molar-refractivity contribution in [3.63, 3.8) is 0 Å². The highest BCUT2D eigenvalue weighted by Crippen LogP contribution is 2.20. The van der Waals surface area contributed by atoms with Crippen LogP contribution in [0.3, 0.4) is 0 Å². The van der Waals surface area contributed by atoms with E-state index < -0.39 is 0 Å². The summed E-state index contributed by atoms with van der Waals surface area (Å²) in [6.45, 7) is 1.98. The van der Waals surface area contributed by atoms with Gasteiger partial charge in [0.1, 0.15) is 5.69 Å². The molecule has 1 aliphatic heterocycles. The molecule has 5 nitrogen and oxygen atoms in total. The molecule has 1 unspecified atom stereocenters. The van der Waals surface area contributed by atoms with E-state index in [4.69, 9.17) is 0 Å². The minimum absolute atomic E-state index is 0.363. The number of rotatable bonds is 3. The lowest BCUT2D eigenvalue weighted by molar-refractivity contribution is 0.0594. The maximum atomic E-state index is 11.5. The number of nitrogens with zero attached hydrogens (tertiary/aromatic N) is 2. The Bertz CT molecular complexity index is 422. The van der Waals surface area contributed by atoms with Crippen LogP contribution in [0.25, 0.3) is 0 Å². The molecule has 0 radical (unpaired) electrons. The van der Waals surface area contributed by atoms with Gasteiger partial charge in [0.05, 0.1) is 7.11 Å². The van der Waals surface area contributed by atoms with Gasteiger partial charge in [0.25, 0.3) is 0 Å². The number of methoxy groups -OCH3 is 1.